The summed E-state index contributed by atoms with van der Waals surface area (Å²) in [5, 5.41) is 14.0. The highest BCUT2D eigenvalue weighted by atomic mass is 16.1. The van der Waals surface area contributed by atoms with E-state index in [2.05, 4.69) is 37.7 Å². The van der Waals surface area contributed by atoms with Gasteiger partial charge >= 0.3 is 0 Å². The molecule has 0 saturated heterocycles. The van der Waals surface area contributed by atoms with E-state index < -0.39 is 0 Å². The molecule has 0 aliphatic rings. The lowest BCUT2D eigenvalue weighted by atomic mass is 10.3. The summed E-state index contributed by atoms with van der Waals surface area (Å²) in [6, 6.07) is 0. The average molecular weight is 277 g/mol. The fourth-order valence-corrected chi connectivity index (χ4v) is 1.75. The Labute approximate surface area is 116 Å². The number of anilines is 2. The van der Waals surface area contributed by atoms with E-state index in [0.717, 1.165) is 18.4 Å². The molecule has 2 aromatic rings. The van der Waals surface area contributed by atoms with Crippen LogP contribution in [0.4, 0.5) is 11.8 Å². The van der Waals surface area contributed by atoms with Gasteiger partial charge in [-0.2, -0.15) is 15.1 Å². The molecular weight excluding hydrogens is 258 g/mol. The summed E-state index contributed by atoms with van der Waals surface area (Å²) in [6.45, 7) is 3.50. The molecule has 8 nitrogen and oxygen atoms in total. The Hall–Kier alpha value is -2.38. The number of primary amides is 1. The summed E-state index contributed by atoms with van der Waals surface area (Å²) in [5.74, 6) is 0.959. The van der Waals surface area contributed by atoms with Crippen LogP contribution in [0.3, 0.4) is 0 Å². The normalized spacial score (nSPS) is 10.7. The van der Waals surface area contributed by atoms with Crippen LogP contribution in [-0.2, 0) is 4.79 Å². The third-order valence-electron chi connectivity index (χ3n) is 2.74. The fourth-order valence-electron chi connectivity index (χ4n) is 1.75. The van der Waals surface area contributed by atoms with Gasteiger partial charge in [-0.05, 0) is 12.8 Å². The van der Waals surface area contributed by atoms with Crippen LogP contribution in [0.25, 0.3) is 11.0 Å². The molecule has 108 valence electrons. The highest BCUT2D eigenvalue weighted by Crippen LogP contribution is 2.19. The lowest BCUT2D eigenvalue weighted by molar-refractivity contribution is -0.118. The number of rotatable bonds is 8. The Morgan fingerprint density at radius 3 is 2.95 bits per heavy atom. The number of carbonyl (C=O) groups is 1. The van der Waals surface area contributed by atoms with Crippen molar-refractivity contribution in [3.8, 4) is 0 Å². The van der Waals surface area contributed by atoms with Crippen LogP contribution >= 0.6 is 0 Å². The quantitative estimate of drug-likeness (QED) is 0.531. The van der Waals surface area contributed by atoms with Gasteiger partial charge in [0.05, 0.1) is 11.6 Å². The lowest BCUT2D eigenvalue weighted by Gasteiger charge is -2.08. The zero-order chi connectivity index (χ0) is 14.4. The first kappa shape index (κ1) is 14.0. The van der Waals surface area contributed by atoms with Crippen LogP contribution in [0.2, 0.25) is 0 Å². The number of nitrogens with one attached hydrogen (secondary N) is 3. The number of H-pyrrole nitrogens is 1. The van der Waals surface area contributed by atoms with Crippen molar-refractivity contribution in [1.82, 2.24) is 20.2 Å². The molecule has 1 amide bonds. The molecule has 0 aliphatic heterocycles. The highest BCUT2D eigenvalue weighted by Gasteiger charge is 2.08. The monoisotopic (exact) mass is 277 g/mol. The predicted molar refractivity (Wildman–Crippen MR) is 77.4 cm³/mol. The van der Waals surface area contributed by atoms with Gasteiger partial charge in [0.15, 0.2) is 5.65 Å². The van der Waals surface area contributed by atoms with Crippen LogP contribution < -0.4 is 16.4 Å². The number of aromatic amines is 1. The van der Waals surface area contributed by atoms with E-state index in [9.17, 15) is 4.79 Å². The van der Waals surface area contributed by atoms with E-state index in [1.807, 2.05) is 0 Å². The van der Waals surface area contributed by atoms with Crippen molar-refractivity contribution >= 4 is 28.7 Å². The molecule has 0 bridgehead atoms. The van der Waals surface area contributed by atoms with Crippen molar-refractivity contribution in [1.29, 1.82) is 0 Å². The maximum absolute atomic E-state index is 10.7. The summed E-state index contributed by atoms with van der Waals surface area (Å²) in [4.78, 5) is 19.5. The third kappa shape index (κ3) is 3.56. The van der Waals surface area contributed by atoms with Gasteiger partial charge in [0.2, 0.25) is 11.9 Å². The van der Waals surface area contributed by atoms with Crippen LogP contribution in [0.1, 0.15) is 26.2 Å². The molecule has 0 spiro atoms. The molecule has 2 heterocycles. The molecule has 0 aliphatic carbocycles. The molecule has 2 aromatic heterocycles. The zero-order valence-electron chi connectivity index (χ0n) is 11.4. The molecule has 0 radical (unpaired) electrons. The second-order valence-electron chi connectivity index (χ2n) is 4.45. The summed E-state index contributed by atoms with van der Waals surface area (Å²) in [6.07, 6.45) is 3.69. The predicted octanol–water partition coefficient (Wildman–Crippen LogP) is 0.852. The summed E-state index contributed by atoms with van der Waals surface area (Å²) >= 11 is 0. The molecule has 0 saturated carbocycles. The second kappa shape index (κ2) is 6.69. The van der Waals surface area contributed by atoms with Crippen LogP contribution in [0.5, 0.6) is 0 Å². The van der Waals surface area contributed by atoms with Gasteiger partial charge in [-0.1, -0.05) is 6.92 Å². The first-order valence-electron chi connectivity index (χ1n) is 6.68. The second-order valence-corrected chi connectivity index (χ2v) is 4.45. The zero-order valence-corrected chi connectivity index (χ0v) is 11.4. The van der Waals surface area contributed by atoms with Crippen LogP contribution in [-0.4, -0.2) is 39.2 Å². The summed E-state index contributed by atoms with van der Waals surface area (Å²) in [5.41, 5.74) is 5.78. The van der Waals surface area contributed by atoms with Gasteiger partial charge in [-0.3, -0.25) is 9.89 Å². The van der Waals surface area contributed by atoms with E-state index in [4.69, 9.17) is 5.73 Å². The van der Waals surface area contributed by atoms with E-state index in [1.54, 1.807) is 6.20 Å². The first-order valence-corrected chi connectivity index (χ1v) is 6.68. The number of amides is 1. The molecule has 0 fully saturated rings. The Kier molecular flexibility index (Phi) is 4.70. The molecule has 0 atom stereocenters. The Bertz CT molecular complexity index is 580. The number of nitrogens with zero attached hydrogens (tertiary/aromatic N) is 3. The summed E-state index contributed by atoms with van der Waals surface area (Å²) in [7, 11) is 0. The highest BCUT2D eigenvalue weighted by molar-refractivity contribution is 5.86. The van der Waals surface area contributed by atoms with Gasteiger partial charge in [0, 0.05) is 19.5 Å². The molecule has 2 rings (SSSR count). The van der Waals surface area contributed by atoms with Crippen LogP contribution in [0.15, 0.2) is 6.20 Å². The lowest BCUT2D eigenvalue weighted by Crippen LogP contribution is -2.13. The SMILES string of the molecule is CCCNc1nc(NCCCC(N)=O)c2cn[nH]c2n1. The number of nitrogens with two attached hydrogens (primary N) is 1. The number of aromatic nitrogens is 4. The van der Waals surface area contributed by atoms with Crippen molar-refractivity contribution in [2.24, 2.45) is 5.73 Å². The Balaban J connectivity index is 2.08. The van der Waals surface area contributed by atoms with E-state index >= 15 is 0 Å². The van der Waals surface area contributed by atoms with Crippen molar-refractivity contribution in [3.63, 3.8) is 0 Å². The van der Waals surface area contributed by atoms with E-state index in [0.29, 0.717) is 36.8 Å². The molecule has 5 N–H and O–H groups in total. The van der Waals surface area contributed by atoms with Gasteiger partial charge in [-0.15, -0.1) is 0 Å². The van der Waals surface area contributed by atoms with Gasteiger partial charge in [0.1, 0.15) is 5.82 Å². The van der Waals surface area contributed by atoms with Gasteiger partial charge in [0.25, 0.3) is 0 Å². The number of hydrogen-bond acceptors (Lipinski definition) is 6. The molecule has 8 heteroatoms. The fraction of sp³-hybridized carbons (Fsp3) is 0.500. The Morgan fingerprint density at radius 2 is 2.20 bits per heavy atom. The van der Waals surface area contributed by atoms with E-state index in [1.165, 1.54) is 0 Å². The maximum Gasteiger partial charge on any atom is 0.226 e. The molecule has 0 aromatic carbocycles. The Morgan fingerprint density at radius 1 is 1.35 bits per heavy atom. The maximum atomic E-state index is 10.7. The van der Waals surface area contributed by atoms with Crippen molar-refractivity contribution in [3.05, 3.63) is 6.20 Å². The number of carbonyl (C=O) groups excluding carboxylic acids is 1. The minimum Gasteiger partial charge on any atom is -0.370 e. The average Bonchev–Trinajstić information content (AvgIpc) is 2.89. The van der Waals surface area contributed by atoms with Crippen LogP contribution in [0, 0.1) is 0 Å². The van der Waals surface area contributed by atoms with E-state index in [-0.39, 0.29) is 5.91 Å². The minimum absolute atomic E-state index is 0.298. The first-order chi connectivity index (χ1) is 9.70. The molecule has 0 unspecified atom stereocenters. The number of hydrogen-bond donors (Lipinski definition) is 4. The summed E-state index contributed by atoms with van der Waals surface area (Å²) < 4.78 is 0. The topological polar surface area (TPSA) is 122 Å². The van der Waals surface area contributed by atoms with Crippen molar-refractivity contribution < 1.29 is 4.79 Å². The largest absolute Gasteiger partial charge is 0.370 e. The van der Waals surface area contributed by atoms with Gasteiger partial charge < -0.3 is 16.4 Å². The van der Waals surface area contributed by atoms with Crippen molar-refractivity contribution in [2.45, 2.75) is 26.2 Å². The minimum atomic E-state index is -0.298. The molecular formula is C12H19N7O. The smallest absolute Gasteiger partial charge is 0.226 e. The molecule has 20 heavy (non-hydrogen) atoms. The van der Waals surface area contributed by atoms with Crippen molar-refractivity contribution in [2.75, 3.05) is 23.7 Å². The third-order valence-corrected chi connectivity index (χ3v) is 2.74. The van der Waals surface area contributed by atoms with Gasteiger partial charge in [-0.25, -0.2) is 0 Å². The number of fused-ring (bicyclic) bond motifs is 1. The standard InChI is InChI=1S/C12H19N7O/c1-2-5-15-12-17-10(14-6-3-4-9(13)20)8-7-16-19-11(8)18-12/h7H,2-6H2,1H3,(H2,13,20)(H3,14,15,16,17,18,19).